The van der Waals surface area contributed by atoms with Crippen LogP contribution in [0.4, 0.5) is 0 Å². The molecule has 0 aliphatic carbocycles. The van der Waals surface area contributed by atoms with Crippen molar-refractivity contribution in [1.82, 2.24) is 15.5 Å². The normalized spacial score (nSPS) is 11.7. The minimum absolute atomic E-state index is 0.0322. The first kappa shape index (κ1) is 16.7. The highest BCUT2D eigenvalue weighted by Crippen LogP contribution is 2.24. The lowest BCUT2D eigenvalue weighted by Gasteiger charge is -2.29. The third kappa shape index (κ3) is 4.07. The SMILES string of the molecule is CCC(CC)(CO)CNC(=O)CCc1c(C)n[nH]c1C. The number of nitrogens with one attached hydrogen (secondary N) is 2. The number of carbonyl (C=O) groups is 1. The quantitative estimate of drug-likeness (QED) is 0.680. The fourth-order valence-corrected chi connectivity index (χ4v) is 2.33. The molecule has 1 aromatic rings. The summed E-state index contributed by atoms with van der Waals surface area (Å²) in [7, 11) is 0. The van der Waals surface area contributed by atoms with Crippen LogP contribution >= 0.6 is 0 Å². The van der Waals surface area contributed by atoms with Crippen molar-refractivity contribution in [1.29, 1.82) is 0 Å². The molecule has 0 saturated heterocycles. The molecule has 0 unspecified atom stereocenters. The fraction of sp³-hybridized carbons (Fsp3) is 0.733. The van der Waals surface area contributed by atoms with Gasteiger partial charge in [-0.3, -0.25) is 9.89 Å². The maximum atomic E-state index is 11.9. The van der Waals surface area contributed by atoms with Gasteiger partial charge in [-0.2, -0.15) is 5.10 Å². The Morgan fingerprint density at radius 1 is 1.35 bits per heavy atom. The van der Waals surface area contributed by atoms with Gasteiger partial charge in [-0.1, -0.05) is 13.8 Å². The first-order valence-corrected chi connectivity index (χ1v) is 7.36. The predicted octanol–water partition coefficient (Wildman–Crippen LogP) is 1.87. The summed E-state index contributed by atoms with van der Waals surface area (Å²) in [6, 6.07) is 0. The van der Waals surface area contributed by atoms with Crippen LogP contribution in [0.25, 0.3) is 0 Å². The summed E-state index contributed by atoms with van der Waals surface area (Å²) >= 11 is 0. The Kier molecular flexibility index (Phi) is 6.20. The molecular weight excluding hydrogens is 254 g/mol. The second kappa shape index (κ2) is 7.43. The average Bonchev–Trinajstić information content (AvgIpc) is 2.78. The molecule has 5 heteroatoms. The lowest BCUT2D eigenvalue weighted by atomic mass is 9.83. The average molecular weight is 281 g/mol. The van der Waals surface area contributed by atoms with Gasteiger partial charge >= 0.3 is 0 Å². The zero-order valence-corrected chi connectivity index (χ0v) is 13.0. The summed E-state index contributed by atoms with van der Waals surface area (Å²) < 4.78 is 0. The van der Waals surface area contributed by atoms with Crippen LogP contribution in [0.2, 0.25) is 0 Å². The number of aliphatic hydroxyl groups is 1. The maximum Gasteiger partial charge on any atom is 0.220 e. The molecule has 1 rings (SSSR count). The Morgan fingerprint density at radius 3 is 2.45 bits per heavy atom. The largest absolute Gasteiger partial charge is 0.396 e. The molecule has 1 amide bonds. The van der Waals surface area contributed by atoms with E-state index in [1.807, 2.05) is 27.7 Å². The topological polar surface area (TPSA) is 78.0 Å². The molecule has 1 aromatic heterocycles. The van der Waals surface area contributed by atoms with Crippen molar-refractivity contribution in [3.63, 3.8) is 0 Å². The first-order chi connectivity index (χ1) is 9.48. The van der Waals surface area contributed by atoms with E-state index < -0.39 is 0 Å². The van der Waals surface area contributed by atoms with E-state index in [-0.39, 0.29) is 17.9 Å². The summed E-state index contributed by atoms with van der Waals surface area (Å²) in [5, 5.41) is 19.5. The third-order valence-electron chi connectivity index (χ3n) is 4.38. The predicted molar refractivity (Wildman–Crippen MR) is 79.5 cm³/mol. The molecule has 1 heterocycles. The van der Waals surface area contributed by atoms with Gasteiger partial charge in [0.2, 0.25) is 5.91 Å². The summed E-state index contributed by atoms with van der Waals surface area (Å²) in [5.74, 6) is 0.0322. The molecule has 0 radical (unpaired) electrons. The zero-order valence-electron chi connectivity index (χ0n) is 13.0. The maximum absolute atomic E-state index is 11.9. The van der Waals surface area contributed by atoms with E-state index in [9.17, 15) is 9.90 Å². The van der Waals surface area contributed by atoms with Gasteiger partial charge in [0.05, 0.1) is 12.3 Å². The van der Waals surface area contributed by atoms with Gasteiger partial charge in [0.15, 0.2) is 0 Å². The smallest absolute Gasteiger partial charge is 0.220 e. The van der Waals surface area contributed by atoms with Gasteiger partial charge in [0, 0.05) is 24.1 Å². The van der Waals surface area contributed by atoms with E-state index in [4.69, 9.17) is 0 Å². The molecule has 0 atom stereocenters. The van der Waals surface area contributed by atoms with Crippen LogP contribution in [0.5, 0.6) is 0 Å². The monoisotopic (exact) mass is 281 g/mol. The highest BCUT2D eigenvalue weighted by Gasteiger charge is 2.25. The molecule has 0 bridgehead atoms. The highest BCUT2D eigenvalue weighted by atomic mass is 16.3. The van der Waals surface area contributed by atoms with Crippen LogP contribution in [-0.4, -0.2) is 34.4 Å². The molecule has 20 heavy (non-hydrogen) atoms. The fourth-order valence-electron chi connectivity index (χ4n) is 2.33. The lowest BCUT2D eigenvalue weighted by molar-refractivity contribution is -0.121. The van der Waals surface area contributed by atoms with E-state index in [1.54, 1.807) is 0 Å². The van der Waals surface area contributed by atoms with E-state index in [2.05, 4.69) is 15.5 Å². The number of aromatic amines is 1. The van der Waals surface area contributed by atoms with Gasteiger partial charge < -0.3 is 10.4 Å². The second-order valence-electron chi connectivity index (χ2n) is 5.55. The Morgan fingerprint density at radius 2 is 2.00 bits per heavy atom. The summed E-state index contributed by atoms with van der Waals surface area (Å²) in [6.07, 6.45) is 2.88. The first-order valence-electron chi connectivity index (χ1n) is 7.36. The number of aryl methyl sites for hydroxylation is 2. The minimum atomic E-state index is -0.183. The highest BCUT2D eigenvalue weighted by molar-refractivity contribution is 5.76. The molecule has 0 saturated carbocycles. The number of H-pyrrole nitrogens is 1. The van der Waals surface area contributed by atoms with Crippen LogP contribution in [0.3, 0.4) is 0 Å². The van der Waals surface area contributed by atoms with Crippen molar-refractivity contribution >= 4 is 5.91 Å². The van der Waals surface area contributed by atoms with Crippen LogP contribution in [0, 0.1) is 19.3 Å². The van der Waals surface area contributed by atoms with E-state index in [0.29, 0.717) is 19.4 Å². The number of nitrogens with zero attached hydrogens (tertiary/aromatic N) is 1. The molecule has 0 aromatic carbocycles. The zero-order chi connectivity index (χ0) is 15.2. The van der Waals surface area contributed by atoms with Crippen LogP contribution in [-0.2, 0) is 11.2 Å². The van der Waals surface area contributed by atoms with Crippen molar-refractivity contribution in [3.8, 4) is 0 Å². The van der Waals surface area contributed by atoms with Gasteiger partial charge in [0.25, 0.3) is 0 Å². The van der Waals surface area contributed by atoms with Crippen LogP contribution in [0.15, 0.2) is 0 Å². The van der Waals surface area contributed by atoms with Crippen molar-refractivity contribution < 1.29 is 9.90 Å². The molecule has 0 aliphatic rings. The molecule has 0 aliphatic heterocycles. The number of aliphatic hydroxyl groups excluding tert-OH is 1. The number of hydrogen-bond donors (Lipinski definition) is 3. The Bertz CT molecular complexity index is 409. The standard InChI is InChI=1S/C15H27N3O2/c1-5-15(6-2,10-19)9-16-14(20)8-7-13-11(3)17-18-12(13)4/h19H,5-10H2,1-4H3,(H,16,20)(H,17,18). The number of rotatable bonds is 8. The van der Waals surface area contributed by atoms with E-state index in [1.165, 1.54) is 0 Å². The molecule has 5 nitrogen and oxygen atoms in total. The van der Waals surface area contributed by atoms with Gasteiger partial charge in [-0.15, -0.1) is 0 Å². The third-order valence-corrected chi connectivity index (χ3v) is 4.38. The number of amides is 1. The van der Waals surface area contributed by atoms with Gasteiger partial charge in [-0.25, -0.2) is 0 Å². The molecular formula is C15H27N3O2. The molecule has 114 valence electrons. The van der Waals surface area contributed by atoms with Gasteiger partial charge in [0.1, 0.15) is 0 Å². The van der Waals surface area contributed by atoms with Crippen molar-refractivity contribution in [3.05, 3.63) is 17.0 Å². The molecule has 3 N–H and O–H groups in total. The van der Waals surface area contributed by atoms with E-state index in [0.717, 1.165) is 29.8 Å². The second-order valence-corrected chi connectivity index (χ2v) is 5.55. The Balaban J connectivity index is 2.45. The number of aromatic nitrogens is 2. The number of hydrogen-bond acceptors (Lipinski definition) is 3. The van der Waals surface area contributed by atoms with Crippen LogP contribution < -0.4 is 5.32 Å². The lowest BCUT2D eigenvalue weighted by Crippen LogP contribution is -2.39. The van der Waals surface area contributed by atoms with Crippen molar-refractivity contribution in [2.75, 3.05) is 13.2 Å². The van der Waals surface area contributed by atoms with Crippen molar-refractivity contribution in [2.24, 2.45) is 5.41 Å². The number of carbonyl (C=O) groups excluding carboxylic acids is 1. The minimum Gasteiger partial charge on any atom is -0.396 e. The van der Waals surface area contributed by atoms with Crippen molar-refractivity contribution in [2.45, 2.75) is 53.4 Å². The van der Waals surface area contributed by atoms with Gasteiger partial charge in [-0.05, 0) is 38.7 Å². The summed E-state index contributed by atoms with van der Waals surface area (Å²) in [5.41, 5.74) is 2.93. The van der Waals surface area contributed by atoms with E-state index >= 15 is 0 Å². The molecule has 0 spiro atoms. The summed E-state index contributed by atoms with van der Waals surface area (Å²) in [4.78, 5) is 11.9. The summed E-state index contributed by atoms with van der Waals surface area (Å²) in [6.45, 7) is 8.66. The molecule has 0 fully saturated rings. The Labute approximate surface area is 121 Å². The van der Waals surface area contributed by atoms with Crippen LogP contribution in [0.1, 0.15) is 50.1 Å². The Hall–Kier alpha value is -1.36.